The lowest BCUT2D eigenvalue weighted by Crippen LogP contribution is -2.28. The Morgan fingerprint density at radius 1 is 1.00 bits per heavy atom. The third kappa shape index (κ3) is 7.03. The van der Waals surface area contributed by atoms with Gasteiger partial charge in [-0.05, 0) is 48.7 Å². The van der Waals surface area contributed by atoms with Crippen molar-refractivity contribution in [1.29, 1.82) is 0 Å². The molecule has 2 heterocycles. The fourth-order valence-corrected chi connectivity index (χ4v) is 3.58. The maximum atomic E-state index is 11.0. The minimum absolute atomic E-state index is 0.00685. The van der Waals surface area contributed by atoms with E-state index in [9.17, 15) is 10.1 Å². The SMILES string of the molecule is CCCCN(CCCC)c1nc(N/N=C\c2ccc3c(c2)OCO3)nc(Nc2ccc([N+](=O)[O-])cc2)n1. The molecule has 0 fully saturated rings. The van der Waals surface area contributed by atoms with E-state index in [1.54, 1.807) is 18.3 Å². The van der Waals surface area contributed by atoms with E-state index in [-0.39, 0.29) is 18.4 Å². The van der Waals surface area contributed by atoms with E-state index >= 15 is 0 Å². The zero-order chi connectivity index (χ0) is 26.0. The number of ether oxygens (including phenoxy) is 2. The number of hydrogen-bond acceptors (Lipinski definition) is 11. The number of hydrazone groups is 1. The van der Waals surface area contributed by atoms with Gasteiger partial charge in [0, 0.05) is 30.9 Å². The number of rotatable bonds is 13. The highest BCUT2D eigenvalue weighted by Crippen LogP contribution is 2.32. The van der Waals surface area contributed by atoms with Crippen molar-refractivity contribution < 1.29 is 14.4 Å². The van der Waals surface area contributed by atoms with Gasteiger partial charge in [0.2, 0.25) is 24.6 Å². The van der Waals surface area contributed by atoms with Gasteiger partial charge in [-0.15, -0.1) is 0 Å². The molecule has 194 valence electrons. The van der Waals surface area contributed by atoms with E-state index < -0.39 is 4.92 Å². The van der Waals surface area contributed by atoms with Crippen molar-refractivity contribution in [1.82, 2.24) is 15.0 Å². The Morgan fingerprint density at radius 3 is 2.41 bits per heavy atom. The fraction of sp³-hybridized carbons (Fsp3) is 0.360. The van der Waals surface area contributed by atoms with Crippen molar-refractivity contribution in [2.75, 3.05) is 35.5 Å². The molecule has 0 spiro atoms. The molecule has 1 aliphatic heterocycles. The highest BCUT2D eigenvalue weighted by atomic mass is 16.7. The van der Waals surface area contributed by atoms with Crippen molar-refractivity contribution in [3.8, 4) is 11.5 Å². The van der Waals surface area contributed by atoms with Crippen LogP contribution in [-0.4, -0.2) is 46.0 Å². The van der Waals surface area contributed by atoms with Crippen LogP contribution >= 0.6 is 0 Å². The van der Waals surface area contributed by atoms with Crippen LogP contribution in [0, 0.1) is 10.1 Å². The van der Waals surface area contributed by atoms with Gasteiger partial charge in [0.05, 0.1) is 11.1 Å². The van der Waals surface area contributed by atoms with E-state index in [1.165, 1.54) is 12.1 Å². The summed E-state index contributed by atoms with van der Waals surface area (Å²) in [5, 5.41) is 18.4. The molecular weight excluding hydrogens is 476 g/mol. The minimum atomic E-state index is -0.440. The third-order valence-electron chi connectivity index (χ3n) is 5.58. The molecule has 12 heteroatoms. The average molecular weight is 507 g/mol. The largest absolute Gasteiger partial charge is 0.454 e. The number of aromatic nitrogens is 3. The molecule has 1 aliphatic rings. The van der Waals surface area contributed by atoms with E-state index in [0.717, 1.165) is 44.3 Å². The second-order valence-corrected chi connectivity index (χ2v) is 8.39. The maximum absolute atomic E-state index is 11.0. The van der Waals surface area contributed by atoms with Gasteiger partial charge in [-0.1, -0.05) is 26.7 Å². The number of hydrogen-bond donors (Lipinski definition) is 2. The Hall–Kier alpha value is -4.48. The number of nitrogens with zero attached hydrogens (tertiary/aromatic N) is 6. The molecule has 2 aromatic carbocycles. The smallest absolute Gasteiger partial charge is 0.269 e. The predicted molar refractivity (Wildman–Crippen MR) is 142 cm³/mol. The zero-order valence-corrected chi connectivity index (χ0v) is 20.9. The van der Waals surface area contributed by atoms with Crippen molar-refractivity contribution in [2.24, 2.45) is 5.10 Å². The number of benzene rings is 2. The number of nitrogens with one attached hydrogen (secondary N) is 2. The van der Waals surface area contributed by atoms with Gasteiger partial charge in [0.15, 0.2) is 11.5 Å². The Labute approximate surface area is 214 Å². The van der Waals surface area contributed by atoms with Crippen LogP contribution in [0.4, 0.5) is 29.2 Å². The van der Waals surface area contributed by atoms with Crippen LogP contribution in [0.15, 0.2) is 47.6 Å². The molecule has 0 amide bonds. The van der Waals surface area contributed by atoms with Crippen molar-refractivity contribution in [3.05, 3.63) is 58.1 Å². The highest BCUT2D eigenvalue weighted by Gasteiger charge is 2.15. The molecule has 0 saturated heterocycles. The molecular formula is C25H30N8O4. The first-order valence-corrected chi connectivity index (χ1v) is 12.3. The van der Waals surface area contributed by atoms with Crippen molar-refractivity contribution in [2.45, 2.75) is 39.5 Å². The number of non-ortho nitro benzene ring substituents is 1. The number of fused-ring (bicyclic) bond motifs is 1. The summed E-state index contributed by atoms with van der Waals surface area (Å²) in [6, 6.07) is 11.6. The van der Waals surface area contributed by atoms with Gasteiger partial charge >= 0.3 is 0 Å². The Kier molecular flexibility index (Phi) is 8.63. The first-order chi connectivity index (χ1) is 18.1. The molecule has 0 atom stereocenters. The van der Waals surface area contributed by atoms with Gasteiger partial charge in [-0.25, -0.2) is 5.43 Å². The molecule has 0 aliphatic carbocycles. The number of anilines is 4. The lowest BCUT2D eigenvalue weighted by Gasteiger charge is -2.23. The standard InChI is InChI=1S/C25H30N8O4/c1-3-5-13-32(14-6-4-2)25-29-23(27-19-8-10-20(11-9-19)33(34)35)28-24(30-25)31-26-16-18-7-12-21-22(15-18)37-17-36-21/h7-12,15-16H,3-6,13-14,17H2,1-2H3,(H2,27,28,29,30,31)/b26-16-. The zero-order valence-electron chi connectivity index (χ0n) is 20.9. The summed E-state index contributed by atoms with van der Waals surface area (Å²) in [6.07, 6.45) is 5.75. The highest BCUT2D eigenvalue weighted by molar-refractivity contribution is 5.81. The van der Waals surface area contributed by atoms with Crippen molar-refractivity contribution in [3.63, 3.8) is 0 Å². The van der Waals surface area contributed by atoms with E-state index in [4.69, 9.17) is 9.47 Å². The van der Waals surface area contributed by atoms with E-state index in [0.29, 0.717) is 29.1 Å². The van der Waals surface area contributed by atoms with Crippen LogP contribution in [0.25, 0.3) is 0 Å². The maximum Gasteiger partial charge on any atom is 0.269 e. The second kappa shape index (κ2) is 12.5. The molecule has 0 bridgehead atoms. The number of unbranched alkanes of at least 4 members (excludes halogenated alkanes) is 2. The average Bonchev–Trinajstić information content (AvgIpc) is 3.37. The molecule has 12 nitrogen and oxygen atoms in total. The lowest BCUT2D eigenvalue weighted by atomic mass is 10.2. The Balaban J connectivity index is 1.57. The van der Waals surface area contributed by atoms with Crippen LogP contribution in [0.5, 0.6) is 11.5 Å². The summed E-state index contributed by atoms with van der Waals surface area (Å²) in [5.41, 5.74) is 4.34. The summed E-state index contributed by atoms with van der Waals surface area (Å²) < 4.78 is 10.8. The minimum Gasteiger partial charge on any atom is -0.454 e. The van der Waals surface area contributed by atoms with Crippen LogP contribution in [0.1, 0.15) is 45.1 Å². The molecule has 1 aromatic heterocycles. The molecule has 0 saturated carbocycles. The first-order valence-electron chi connectivity index (χ1n) is 12.3. The summed E-state index contributed by atoms with van der Waals surface area (Å²) in [7, 11) is 0. The summed E-state index contributed by atoms with van der Waals surface area (Å²) in [4.78, 5) is 26.4. The van der Waals surface area contributed by atoms with Crippen LogP contribution in [-0.2, 0) is 0 Å². The predicted octanol–water partition coefficient (Wildman–Crippen LogP) is 5.10. The van der Waals surface area contributed by atoms with Crippen LogP contribution < -0.4 is 25.1 Å². The third-order valence-corrected chi connectivity index (χ3v) is 5.58. The number of nitro benzene ring substituents is 1. The Morgan fingerprint density at radius 2 is 1.70 bits per heavy atom. The van der Waals surface area contributed by atoms with E-state index in [2.05, 4.69) is 49.5 Å². The summed E-state index contributed by atoms with van der Waals surface area (Å²) >= 11 is 0. The fourth-order valence-electron chi connectivity index (χ4n) is 3.58. The normalized spacial score (nSPS) is 12.1. The number of nitro groups is 1. The first kappa shape index (κ1) is 25.6. The second-order valence-electron chi connectivity index (χ2n) is 8.39. The molecule has 37 heavy (non-hydrogen) atoms. The van der Waals surface area contributed by atoms with Crippen LogP contribution in [0.2, 0.25) is 0 Å². The van der Waals surface area contributed by atoms with Gasteiger partial charge in [-0.2, -0.15) is 20.1 Å². The molecule has 4 rings (SSSR count). The summed E-state index contributed by atoms with van der Waals surface area (Å²) in [5.74, 6) is 2.47. The van der Waals surface area contributed by atoms with Gasteiger partial charge < -0.3 is 19.7 Å². The Bertz CT molecular complexity index is 1230. The molecule has 0 unspecified atom stereocenters. The van der Waals surface area contributed by atoms with Gasteiger partial charge in [0.1, 0.15) is 0 Å². The van der Waals surface area contributed by atoms with E-state index in [1.807, 2.05) is 18.2 Å². The topological polar surface area (TPSA) is 140 Å². The quantitative estimate of drug-likeness (QED) is 0.183. The molecule has 3 aromatic rings. The monoisotopic (exact) mass is 506 g/mol. The molecule has 0 radical (unpaired) electrons. The van der Waals surface area contributed by atoms with Crippen molar-refractivity contribution >= 4 is 35.4 Å². The van der Waals surface area contributed by atoms with Gasteiger partial charge in [-0.3, -0.25) is 10.1 Å². The molecule has 2 N–H and O–H groups in total. The lowest BCUT2D eigenvalue weighted by molar-refractivity contribution is -0.384. The summed E-state index contributed by atoms with van der Waals surface area (Å²) in [6.45, 7) is 6.13. The van der Waals surface area contributed by atoms with Crippen LogP contribution in [0.3, 0.4) is 0 Å². The van der Waals surface area contributed by atoms with Gasteiger partial charge in [0.25, 0.3) is 5.69 Å².